The number of benzene rings is 2. The number of aryl methyl sites for hydroxylation is 1. The molecule has 0 aliphatic rings. The van der Waals surface area contributed by atoms with Gasteiger partial charge in [-0.2, -0.15) is 0 Å². The first-order valence-electron chi connectivity index (χ1n) is 8.25. The predicted molar refractivity (Wildman–Crippen MR) is 101 cm³/mol. The van der Waals surface area contributed by atoms with E-state index in [4.69, 9.17) is 0 Å². The molecule has 0 heterocycles. The lowest BCUT2D eigenvalue weighted by Gasteiger charge is -2.28. The third-order valence-electron chi connectivity index (χ3n) is 3.88. The summed E-state index contributed by atoms with van der Waals surface area (Å²) in [7, 11) is -3.56. The van der Waals surface area contributed by atoms with Gasteiger partial charge in [0.1, 0.15) is 6.04 Å². The number of carbonyl (C=O) groups is 1. The number of amides is 1. The summed E-state index contributed by atoms with van der Waals surface area (Å²) in [6.45, 7) is 2.10. The van der Waals surface area contributed by atoms with Gasteiger partial charge in [0, 0.05) is 6.54 Å². The van der Waals surface area contributed by atoms with Crippen molar-refractivity contribution in [2.24, 2.45) is 0 Å². The van der Waals surface area contributed by atoms with E-state index in [1.807, 2.05) is 30.3 Å². The Morgan fingerprint density at radius 2 is 1.60 bits per heavy atom. The Labute approximate surface area is 149 Å². The largest absolute Gasteiger partial charge is 0.354 e. The molecule has 1 amide bonds. The molecule has 1 unspecified atom stereocenters. The fourth-order valence-electron chi connectivity index (χ4n) is 2.68. The zero-order chi connectivity index (χ0) is 18.3. The van der Waals surface area contributed by atoms with Gasteiger partial charge in [-0.05, 0) is 37.5 Å². The number of anilines is 1. The lowest BCUT2D eigenvalue weighted by Crippen LogP contribution is -2.48. The molecule has 2 aromatic carbocycles. The number of hydrogen-bond donors (Lipinski definition) is 1. The fraction of sp³-hybridized carbons (Fsp3) is 0.316. The normalized spacial score (nSPS) is 12.4. The van der Waals surface area contributed by atoms with Crippen LogP contribution in [0.2, 0.25) is 0 Å². The number of carbonyl (C=O) groups excluding carboxylic acids is 1. The van der Waals surface area contributed by atoms with Gasteiger partial charge in [-0.3, -0.25) is 9.10 Å². The molecule has 0 saturated heterocycles. The van der Waals surface area contributed by atoms with Crippen molar-refractivity contribution in [3.8, 4) is 0 Å². The summed E-state index contributed by atoms with van der Waals surface area (Å²) in [5.41, 5.74) is 1.70. The minimum absolute atomic E-state index is 0.303. The topological polar surface area (TPSA) is 66.5 Å². The Morgan fingerprint density at radius 3 is 2.16 bits per heavy atom. The van der Waals surface area contributed by atoms with Gasteiger partial charge in [0.15, 0.2) is 0 Å². The van der Waals surface area contributed by atoms with Gasteiger partial charge in [0.2, 0.25) is 15.9 Å². The molecule has 134 valence electrons. The Hall–Kier alpha value is -2.34. The van der Waals surface area contributed by atoms with Crippen molar-refractivity contribution < 1.29 is 13.2 Å². The van der Waals surface area contributed by atoms with Crippen LogP contribution in [0.4, 0.5) is 5.69 Å². The SMILES string of the molecule is CC(C(=O)NCCCc1ccccc1)N(c1ccccc1)S(C)(=O)=O. The van der Waals surface area contributed by atoms with Crippen LogP contribution in [0.1, 0.15) is 18.9 Å². The first kappa shape index (κ1) is 19.0. The molecule has 2 aromatic rings. The van der Waals surface area contributed by atoms with Gasteiger partial charge in [-0.15, -0.1) is 0 Å². The molecule has 6 heteroatoms. The maximum Gasteiger partial charge on any atom is 0.243 e. The molecule has 1 N–H and O–H groups in total. The van der Waals surface area contributed by atoms with Crippen LogP contribution in [0.5, 0.6) is 0 Å². The molecule has 0 bridgehead atoms. The highest BCUT2D eigenvalue weighted by Crippen LogP contribution is 2.20. The van der Waals surface area contributed by atoms with Crippen molar-refractivity contribution in [1.29, 1.82) is 0 Å². The fourth-order valence-corrected chi connectivity index (χ4v) is 3.86. The first-order valence-corrected chi connectivity index (χ1v) is 10.1. The smallest absolute Gasteiger partial charge is 0.243 e. The quantitative estimate of drug-likeness (QED) is 0.736. The second-order valence-electron chi connectivity index (χ2n) is 5.95. The second-order valence-corrected chi connectivity index (χ2v) is 7.81. The molecule has 2 rings (SSSR count). The van der Waals surface area contributed by atoms with Crippen molar-refractivity contribution in [3.05, 3.63) is 66.2 Å². The molecular formula is C19H24N2O3S. The van der Waals surface area contributed by atoms with E-state index in [1.165, 1.54) is 5.56 Å². The van der Waals surface area contributed by atoms with Gasteiger partial charge >= 0.3 is 0 Å². The molecule has 0 saturated carbocycles. The average Bonchev–Trinajstić information content (AvgIpc) is 2.59. The summed E-state index contributed by atoms with van der Waals surface area (Å²) >= 11 is 0. The minimum atomic E-state index is -3.56. The number of nitrogens with zero attached hydrogens (tertiary/aromatic N) is 1. The molecule has 0 spiro atoms. The lowest BCUT2D eigenvalue weighted by atomic mass is 10.1. The van der Waals surface area contributed by atoms with Crippen LogP contribution >= 0.6 is 0 Å². The number of nitrogens with one attached hydrogen (secondary N) is 1. The van der Waals surface area contributed by atoms with Gasteiger partial charge < -0.3 is 5.32 Å². The highest BCUT2D eigenvalue weighted by Gasteiger charge is 2.28. The Morgan fingerprint density at radius 1 is 1.04 bits per heavy atom. The standard InChI is InChI=1S/C19H24N2O3S/c1-16(21(25(2,23)24)18-13-7-4-8-14-18)19(22)20-15-9-12-17-10-5-3-6-11-17/h3-8,10-11,13-14,16H,9,12,15H2,1-2H3,(H,20,22). The third kappa shape index (κ3) is 5.60. The summed E-state index contributed by atoms with van der Waals surface area (Å²) in [4.78, 5) is 12.4. The number of sulfonamides is 1. The van der Waals surface area contributed by atoms with E-state index in [9.17, 15) is 13.2 Å². The minimum Gasteiger partial charge on any atom is -0.354 e. The van der Waals surface area contributed by atoms with Gasteiger partial charge in [-0.25, -0.2) is 8.42 Å². The van der Waals surface area contributed by atoms with Crippen LogP contribution in [0.3, 0.4) is 0 Å². The monoisotopic (exact) mass is 360 g/mol. The van der Waals surface area contributed by atoms with Crippen LogP contribution in [0, 0.1) is 0 Å². The number of hydrogen-bond acceptors (Lipinski definition) is 3. The van der Waals surface area contributed by atoms with E-state index < -0.39 is 16.1 Å². The second kappa shape index (κ2) is 8.67. The van der Waals surface area contributed by atoms with Crippen molar-refractivity contribution in [1.82, 2.24) is 5.32 Å². The van der Waals surface area contributed by atoms with Crippen LogP contribution in [-0.2, 0) is 21.2 Å². The third-order valence-corrected chi connectivity index (χ3v) is 5.13. The summed E-state index contributed by atoms with van der Waals surface area (Å²) in [6.07, 6.45) is 2.77. The van der Waals surface area contributed by atoms with Gasteiger partial charge in [0.05, 0.1) is 11.9 Å². The van der Waals surface area contributed by atoms with E-state index in [0.717, 1.165) is 23.4 Å². The molecule has 25 heavy (non-hydrogen) atoms. The zero-order valence-electron chi connectivity index (χ0n) is 14.6. The highest BCUT2D eigenvalue weighted by molar-refractivity contribution is 7.92. The van der Waals surface area contributed by atoms with Crippen molar-refractivity contribution >= 4 is 21.6 Å². The van der Waals surface area contributed by atoms with Crippen LogP contribution in [0.15, 0.2) is 60.7 Å². The number of para-hydroxylation sites is 1. The maximum absolute atomic E-state index is 12.4. The molecule has 0 aromatic heterocycles. The molecule has 0 aliphatic carbocycles. The molecule has 0 aliphatic heterocycles. The summed E-state index contributed by atoms with van der Waals surface area (Å²) in [5, 5.41) is 2.83. The molecular weight excluding hydrogens is 336 g/mol. The van der Waals surface area contributed by atoms with E-state index in [1.54, 1.807) is 37.3 Å². The van der Waals surface area contributed by atoms with E-state index in [0.29, 0.717) is 12.2 Å². The van der Waals surface area contributed by atoms with E-state index >= 15 is 0 Å². The van der Waals surface area contributed by atoms with E-state index in [-0.39, 0.29) is 5.91 Å². The van der Waals surface area contributed by atoms with Crippen molar-refractivity contribution in [2.45, 2.75) is 25.8 Å². The lowest BCUT2D eigenvalue weighted by molar-refractivity contribution is -0.121. The Bertz CT molecular complexity index is 777. The summed E-state index contributed by atoms with van der Waals surface area (Å²) in [6, 6.07) is 17.9. The van der Waals surface area contributed by atoms with Crippen LogP contribution in [0.25, 0.3) is 0 Å². The van der Waals surface area contributed by atoms with Crippen LogP contribution < -0.4 is 9.62 Å². The van der Waals surface area contributed by atoms with Crippen LogP contribution in [-0.4, -0.2) is 33.2 Å². The molecule has 1 atom stereocenters. The van der Waals surface area contributed by atoms with E-state index in [2.05, 4.69) is 5.32 Å². The maximum atomic E-state index is 12.4. The molecule has 0 radical (unpaired) electrons. The molecule has 0 fully saturated rings. The first-order chi connectivity index (χ1) is 11.9. The average molecular weight is 360 g/mol. The Kier molecular flexibility index (Phi) is 6.58. The number of rotatable bonds is 8. The van der Waals surface area contributed by atoms with Gasteiger partial charge in [-0.1, -0.05) is 48.5 Å². The predicted octanol–water partition coefficient (Wildman–Crippen LogP) is 2.59. The van der Waals surface area contributed by atoms with Crippen molar-refractivity contribution in [3.63, 3.8) is 0 Å². The van der Waals surface area contributed by atoms with Gasteiger partial charge in [0.25, 0.3) is 0 Å². The Balaban J connectivity index is 1.94. The summed E-state index contributed by atoms with van der Waals surface area (Å²) in [5.74, 6) is -0.303. The molecule has 5 nitrogen and oxygen atoms in total. The summed E-state index contributed by atoms with van der Waals surface area (Å²) < 4.78 is 25.4. The highest BCUT2D eigenvalue weighted by atomic mass is 32.2. The van der Waals surface area contributed by atoms with Crippen molar-refractivity contribution in [2.75, 3.05) is 17.1 Å². The zero-order valence-corrected chi connectivity index (χ0v) is 15.4.